The van der Waals surface area contributed by atoms with Gasteiger partial charge in [0.25, 0.3) is 0 Å². The van der Waals surface area contributed by atoms with E-state index in [1.807, 2.05) is 46.8 Å². The standard InChI is InChI=1S/C20H24N2O3/c1-12(2)25-17-8-6-16(7-9-17)21-19(23)20(24)22-18-14(4)10-13(3)11-15(18)5/h6-12H,1-5H3,(H,21,23)(H,22,24). The first-order valence-corrected chi connectivity index (χ1v) is 8.23. The number of carbonyl (C=O) groups is 2. The Morgan fingerprint density at radius 1 is 0.880 bits per heavy atom. The van der Waals surface area contributed by atoms with Gasteiger partial charge in [-0.15, -0.1) is 0 Å². The van der Waals surface area contributed by atoms with Crippen molar-refractivity contribution in [2.75, 3.05) is 10.6 Å². The zero-order valence-electron chi connectivity index (χ0n) is 15.3. The van der Waals surface area contributed by atoms with Crippen LogP contribution in [0.25, 0.3) is 0 Å². The number of anilines is 2. The lowest BCUT2D eigenvalue weighted by Crippen LogP contribution is -2.29. The van der Waals surface area contributed by atoms with Crippen molar-refractivity contribution in [2.24, 2.45) is 0 Å². The quantitative estimate of drug-likeness (QED) is 0.827. The lowest BCUT2D eigenvalue weighted by atomic mass is 10.1. The fourth-order valence-corrected chi connectivity index (χ4v) is 2.62. The summed E-state index contributed by atoms with van der Waals surface area (Å²) in [5.74, 6) is -0.696. The van der Waals surface area contributed by atoms with Crippen LogP contribution in [0.2, 0.25) is 0 Å². The molecule has 0 aliphatic heterocycles. The van der Waals surface area contributed by atoms with Gasteiger partial charge in [0.15, 0.2) is 0 Å². The summed E-state index contributed by atoms with van der Waals surface area (Å²) in [6.07, 6.45) is 0.0761. The summed E-state index contributed by atoms with van der Waals surface area (Å²) in [7, 11) is 0. The summed E-state index contributed by atoms with van der Waals surface area (Å²) in [5.41, 5.74) is 4.17. The van der Waals surface area contributed by atoms with Crippen molar-refractivity contribution in [3.8, 4) is 5.75 Å². The molecule has 0 aliphatic rings. The van der Waals surface area contributed by atoms with E-state index in [0.29, 0.717) is 17.1 Å². The third-order valence-electron chi connectivity index (χ3n) is 3.61. The molecule has 0 spiro atoms. The van der Waals surface area contributed by atoms with Crippen molar-refractivity contribution < 1.29 is 14.3 Å². The maximum Gasteiger partial charge on any atom is 0.314 e. The molecule has 0 fully saturated rings. The molecule has 0 unspecified atom stereocenters. The van der Waals surface area contributed by atoms with Gasteiger partial charge in [0, 0.05) is 11.4 Å². The molecule has 0 bridgehead atoms. The average Bonchev–Trinajstić information content (AvgIpc) is 2.52. The molecule has 0 aromatic heterocycles. The fraction of sp³-hybridized carbons (Fsp3) is 0.300. The summed E-state index contributed by atoms with van der Waals surface area (Å²) in [6, 6.07) is 10.8. The van der Waals surface area contributed by atoms with Gasteiger partial charge in [0.1, 0.15) is 5.75 Å². The predicted octanol–water partition coefficient (Wildman–Crippen LogP) is 3.98. The molecule has 5 nitrogen and oxygen atoms in total. The minimum Gasteiger partial charge on any atom is -0.491 e. The van der Waals surface area contributed by atoms with Crippen molar-refractivity contribution in [2.45, 2.75) is 40.7 Å². The van der Waals surface area contributed by atoms with Crippen LogP contribution < -0.4 is 15.4 Å². The van der Waals surface area contributed by atoms with Crippen LogP contribution in [0.5, 0.6) is 5.75 Å². The molecular weight excluding hydrogens is 316 g/mol. The second-order valence-electron chi connectivity index (χ2n) is 6.37. The summed E-state index contributed by atoms with van der Waals surface area (Å²) in [4.78, 5) is 24.3. The molecular formula is C20H24N2O3. The Morgan fingerprint density at radius 2 is 1.40 bits per heavy atom. The van der Waals surface area contributed by atoms with Crippen LogP contribution in [0, 0.1) is 20.8 Å². The Bertz CT molecular complexity index is 757. The van der Waals surface area contributed by atoms with Crippen LogP contribution in [-0.4, -0.2) is 17.9 Å². The van der Waals surface area contributed by atoms with Gasteiger partial charge >= 0.3 is 11.8 Å². The Balaban J connectivity index is 2.02. The van der Waals surface area contributed by atoms with E-state index in [1.54, 1.807) is 24.3 Å². The molecule has 5 heteroatoms. The molecule has 2 N–H and O–H groups in total. The SMILES string of the molecule is Cc1cc(C)c(NC(=O)C(=O)Nc2ccc(OC(C)C)cc2)c(C)c1. The minimum absolute atomic E-state index is 0.0761. The molecule has 0 aliphatic carbocycles. The van der Waals surface area contributed by atoms with E-state index in [-0.39, 0.29) is 6.10 Å². The van der Waals surface area contributed by atoms with Gasteiger partial charge in [-0.05, 0) is 70.0 Å². The van der Waals surface area contributed by atoms with Crippen molar-refractivity contribution in [1.29, 1.82) is 0 Å². The first kappa shape index (κ1) is 18.5. The highest BCUT2D eigenvalue weighted by Crippen LogP contribution is 2.22. The first-order chi connectivity index (χ1) is 11.8. The fourth-order valence-electron chi connectivity index (χ4n) is 2.62. The molecule has 0 atom stereocenters. The number of amides is 2. The predicted molar refractivity (Wildman–Crippen MR) is 100 cm³/mol. The Kier molecular flexibility index (Phi) is 5.80. The van der Waals surface area contributed by atoms with Gasteiger partial charge in [-0.25, -0.2) is 0 Å². The van der Waals surface area contributed by atoms with Gasteiger partial charge in [-0.3, -0.25) is 9.59 Å². The number of carbonyl (C=O) groups excluding carboxylic acids is 2. The molecule has 2 rings (SSSR count). The number of nitrogens with one attached hydrogen (secondary N) is 2. The molecule has 132 valence electrons. The van der Waals surface area contributed by atoms with E-state index >= 15 is 0 Å². The molecule has 2 aromatic carbocycles. The maximum atomic E-state index is 12.2. The second kappa shape index (κ2) is 7.83. The summed E-state index contributed by atoms with van der Waals surface area (Å²) >= 11 is 0. The second-order valence-corrected chi connectivity index (χ2v) is 6.37. The molecule has 0 radical (unpaired) electrons. The van der Waals surface area contributed by atoms with Crippen LogP contribution in [0.15, 0.2) is 36.4 Å². The maximum absolute atomic E-state index is 12.2. The van der Waals surface area contributed by atoms with Crippen LogP contribution in [0.4, 0.5) is 11.4 Å². The van der Waals surface area contributed by atoms with Gasteiger partial charge < -0.3 is 15.4 Å². The lowest BCUT2D eigenvalue weighted by molar-refractivity contribution is -0.133. The van der Waals surface area contributed by atoms with E-state index in [2.05, 4.69) is 10.6 Å². The molecule has 2 aromatic rings. The van der Waals surface area contributed by atoms with Gasteiger partial charge in [-0.1, -0.05) is 17.7 Å². The van der Waals surface area contributed by atoms with E-state index in [4.69, 9.17) is 4.74 Å². The van der Waals surface area contributed by atoms with E-state index < -0.39 is 11.8 Å². The Labute approximate surface area is 148 Å². The smallest absolute Gasteiger partial charge is 0.314 e. The monoisotopic (exact) mass is 340 g/mol. The summed E-state index contributed by atoms with van der Waals surface area (Å²) < 4.78 is 5.54. The van der Waals surface area contributed by atoms with Gasteiger partial charge in [-0.2, -0.15) is 0 Å². The van der Waals surface area contributed by atoms with E-state index in [0.717, 1.165) is 16.7 Å². The topological polar surface area (TPSA) is 67.4 Å². The molecule has 0 heterocycles. The summed E-state index contributed by atoms with van der Waals surface area (Å²) in [5, 5.41) is 5.27. The molecule has 0 saturated carbocycles. The minimum atomic E-state index is -0.711. The van der Waals surface area contributed by atoms with Crippen molar-refractivity contribution >= 4 is 23.2 Å². The first-order valence-electron chi connectivity index (χ1n) is 8.23. The van der Waals surface area contributed by atoms with Crippen molar-refractivity contribution in [1.82, 2.24) is 0 Å². The van der Waals surface area contributed by atoms with Gasteiger partial charge in [0.2, 0.25) is 0 Å². The zero-order chi connectivity index (χ0) is 18.6. The van der Waals surface area contributed by atoms with Gasteiger partial charge in [0.05, 0.1) is 6.10 Å². The largest absolute Gasteiger partial charge is 0.491 e. The lowest BCUT2D eigenvalue weighted by Gasteiger charge is -2.13. The average molecular weight is 340 g/mol. The molecule has 25 heavy (non-hydrogen) atoms. The third kappa shape index (κ3) is 5.08. The highest BCUT2D eigenvalue weighted by molar-refractivity contribution is 6.43. The Hall–Kier alpha value is -2.82. The summed E-state index contributed by atoms with van der Waals surface area (Å²) in [6.45, 7) is 9.68. The van der Waals surface area contributed by atoms with E-state index in [1.165, 1.54) is 0 Å². The van der Waals surface area contributed by atoms with Crippen molar-refractivity contribution in [3.05, 3.63) is 53.1 Å². The van der Waals surface area contributed by atoms with Crippen LogP contribution in [0.3, 0.4) is 0 Å². The number of ether oxygens (including phenoxy) is 1. The van der Waals surface area contributed by atoms with Crippen LogP contribution in [0.1, 0.15) is 30.5 Å². The highest BCUT2D eigenvalue weighted by atomic mass is 16.5. The molecule has 2 amide bonds. The normalized spacial score (nSPS) is 10.5. The van der Waals surface area contributed by atoms with Crippen LogP contribution in [-0.2, 0) is 9.59 Å². The number of rotatable bonds is 4. The number of hydrogen-bond donors (Lipinski definition) is 2. The number of hydrogen-bond acceptors (Lipinski definition) is 3. The van der Waals surface area contributed by atoms with Crippen LogP contribution >= 0.6 is 0 Å². The molecule has 0 saturated heterocycles. The number of benzene rings is 2. The third-order valence-corrected chi connectivity index (χ3v) is 3.61. The Morgan fingerprint density at radius 3 is 1.92 bits per heavy atom. The zero-order valence-corrected chi connectivity index (χ0v) is 15.3. The highest BCUT2D eigenvalue weighted by Gasteiger charge is 2.16. The van der Waals surface area contributed by atoms with Crippen molar-refractivity contribution in [3.63, 3.8) is 0 Å². The van der Waals surface area contributed by atoms with E-state index in [9.17, 15) is 9.59 Å². The number of aryl methyl sites for hydroxylation is 3.